The van der Waals surface area contributed by atoms with Crippen LogP contribution in [0.15, 0.2) is 24.3 Å². The van der Waals surface area contributed by atoms with Crippen molar-refractivity contribution in [1.29, 1.82) is 0 Å². The summed E-state index contributed by atoms with van der Waals surface area (Å²) in [5.74, 6) is -1.83. The van der Waals surface area contributed by atoms with Gasteiger partial charge in [0.15, 0.2) is 0 Å². The van der Waals surface area contributed by atoms with Gasteiger partial charge in [0.25, 0.3) is 5.91 Å². The zero-order valence-electron chi connectivity index (χ0n) is 20.3. The summed E-state index contributed by atoms with van der Waals surface area (Å²) in [6, 6.07) is 6.36. The topological polar surface area (TPSA) is 128 Å². The monoisotopic (exact) mass is 488 g/mol. The third kappa shape index (κ3) is 8.24. The first-order valence-electron chi connectivity index (χ1n) is 12.3. The number of carbonyl (C=O) groups excluding carboxylic acids is 3. The lowest BCUT2D eigenvalue weighted by atomic mass is 9.96. The van der Waals surface area contributed by atoms with Crippen molar-refractivity contribution in [2.24, 2.45) is 5.92 Å². The molecule has 2 aliphatic rings. The van der Waals surface area contributed by atoms with Crippen LogP contribution >= 0.6 is 0 Å². The van der Waals surface area contributed by atoms with Crippen molar-refractivity contribution < 1.29 is 29.0 Å². The fraction of sp³-hybridized carbons (Fsp3) is 0.600. The quantitative estimate of drug-likeness (QED) is 0.425. The number of carboxylic acids is 1. The van der Waals surface area contributed by atoms with Crippen LogP contribution in [0.25, 0.3) is 0 Å². The molecule has 10 nitrogen and oxygen atoms in total. The van der Waals surface area contributed by atoms with Crippen molar-refractivity contribution in [3.05, 3.63) is 29.8 Å². The molecule has 0 radical (unpaired) electrons. The molecule has 1 aromatic rings. The minimum Gasteiger partial charge on any atom is -0.497 e. The van der Waals surface area contributed by atoms with Gasteiger partial charge in [-0.2, -0.15) is 0 Å². The van der Waals surface area contributed by atoms with Crippen LogP contribution in [-0.4, -0.2) is 84.6 Å². The number of methoxy groups -OCH3 is 1. The Labute approximate surface area is 206 Å². The van der Waals surface area contributed by atoms with E-state index in [1.54, 1.807) is 29.2 Å². The maximum absolute atomic E-state index is 12.9. The minimum absolute atomic E-state index is 0.0444. The van der Waals surface area contributed by atoms with E-state index in [2.05, 4.69) is 15.5 Å². The van der Waals surface area contributed by atoms with Crippen LogP contribution in [-0.2, 0) is 14.4 Å². The van der Waals surface area contributed by atoms with E-state index in [1.165, 1.54) is 26.4 Å². The highest BCUT2D eigenvalue weighted by molar-refractivity contribution is 5.95. The average Bonchev–Trinajstić information content (AvgIpc) is 2.87. The summed E-state index contributed by atoms with van der Waals surface area (Å²) in [5.41, 5.74) is 0.318. The standard InChI is InChI=1S/C25H36N4O6/c1-35-20-9-7-18(8-10-20)24(33)26-21(16-23(31)32)27-25(34)19-6-5-14-29(17-19)22(30)11-15-28-12-3-2-4-13-28/h7-10,19,21H,2-6,11-17H2,1H3,(H,26,33)(H,27,34)(H,31,32)/t19-,21-/m1/s1. The number of carboxylic acid groups (broad SMARTS) is 1. The second kappa shape index (κ2) is 13.1. The summed E-state index contributed by atoms with van der Waals surface area (Å²) in [6.07, 6.45) is 3.81. The van der Waals surface area contributed by atoms with Gasteiger partial charge in [0, 0.05) is 31.6 Å². The molecule has 2 fully saturated rings. The lowest BCUT2D eigenvalue weighted by Gasteiger charge is -2.34. The molecule has 35 heavy (non-hydrogen) atoms. The first-order valence-corrected chi connectivity index (χ1v) is 12.3. The van der Waals surface area contributed by atoms with Gasteiger partial charge in [0.1, 0.15) is 11.9 Å². The molecule has 0 spiro atoms. The van der Waals surface area contributed by atoms with Crippen molar-refractivity contribution in [1.82, 2.24) is 20.4 Å². The van der Waals surface area contributed by atoms with Crippen LogP contribution in [0.5, 0.6) is 5.75 Å². The molecule has 192 valence electrons. The number of piperidine rings is 2. The number of hydrogen-bond donors (Lipinski definition) is 3. The maximum Gasteiger partial charge on any atom is 0.307 e. The van der Waals surface area contributed by atoms with E-state index in [0.717, 1.165) is 19.6 Å². The van der Waals surface area contributed by atoms with Gasteiger partial charge < -0.3 is 30.3 Å². The van der Waals surface area contributed by atoms with Crippen molar-refractivity contribution in [2.45, 2.75) is 51.1 Å². The summed E-state index contributed by atoms with van der Waals surface area (Å²) < 4.78 is 5.08. The predicted octanol–water partition coefficient (Wildman–Crippen LogP) is 1.46. The number of hydrogen-bond acceptors (Lipinski definition) is 6. The highest BCUT2D eigenvalue weighted by atomic mass is 16.5. The van der Waals surface area contributed by atoms with Gasteiger partial charge >= 0.3 is 5.97 Å². The average molecular weight is 489 g/mol. The van der Waals surface area contributed by atoms with E-state index < -0.39 is 30.4 Å². The summed E-state index contributed by atoms with van der Waals surface area (Å²) in [6.45, 7) is 3.73. The predicted molar refractivity (Wildman–Crippen MR) is 129 cm³/mol. The molecule has 0 aliphatic carbocycles. The van der Waals surface area contributed by atoms with Crippen LogP contribution in [0, 0.1) is 5.92 Å². The Balaban J connectivity index is 1.53. The summed E-state index contributed by atoms with van der Waals surface area (Å²) in [5, 5.41) is 14.5. The number of likely N-dealkylation sites (tertiary alicyclic amines) is 2. The molecule has 2 aliphatic heterocycles. The normalized spacial score (nSPS) is 19.5. The number of nitrogens with zero attached hydrogens (tertiary/aromatic N) is 2. The minimum atomic E-state index is -1.15. The number of rotatable bonds is 10. The highest BCUT2D eigenvalue weighted by Gasteiger charge is 2.30. The Hall–Kier alpha value is -3.14. The number of aliphatic carboxylic acids is 1. The van der Waals surface area contributed by atoms with Crippen molar-refractivity contribution in [3.63, 3.8) is 0 Å². The summed E-state index contributed by atoms with van der Waals surface area (Å²) in [4.78, 5) is 53.7. The molecule has 0 bridgehead atoms. The van der Waals surface area contributed by atoms with Crippen molar-refractivity contribution >= 4 is 23.7 Å². The Morgan fingerprint density at radius 2 is 1.74 bits per heavy atom. The van der Waals surface area contributed by atoms with Crippen LogP contribution in [0.4, 0.5) is 0 Å². The third-order valence-electron chi connectivity index (χ3n) is 6.59. The maximum atomic E-state index is 12.9. The Bertz CT molecular complexity index is 884. The fourth-order valence-corrected chi connectivity index (χ4v) is 4.60. The van der Waals surface area contributed by atoms with Gasteiger partial charge in [0.2, 0.25) is 11.8 Å². The van der Waals surface area contributed by atoms with E-state index in [9.17, 15) is 24.3 Å². The molecule has 1 aromatic carbocycles. The van der Waals surface area contributed by atoms with E-state index >= 15 is 0 Å². The smallest absolute Gasteiger partial charge is 0.307 e. The van der Waals surface area contributed by atoms with Crippen LogP contribution in [0.1, 0.15) is 55.3 Å². The van der Waals surface area contributed by atoms with Gasteiger partial charge in [-0.1, -0.05) is 6.42 Å². The second-order valence-corrected chi connectivity index (χ2v) is 9.19. The van der Waals surface area contributed by atoms with Gasteiger partial charge in [-0.05, 0) is 63.0 Å². The first-order chi connectivity index (χ1) is 16.9. The third-order valence-corrected chi connectivity index (χ3v) is 6.59. The van der Waals surface area contributed by atoms with Gasteiger partial charge in [-0.15, -0.1) is 0 Å². The SMILES string of the molecule is COc1ccc(C(=O)N[C@@H](CC(=O)O)NC(=O)[C@@H]2CCCN(C(=O)CCN3CCCCC3)C2)cc1. The van der Waals surface area contributed by atoms with E-state index in [4.69, 9.17) is 4.74 Å². The Morgan fingerprint density at radius 1 is 1.03 bits per heavy atom. The number of carbonyl (C=O) groups is 4. The number of ether oxygens (including phenoxy) is 1. The van der Waals surface area contributed by atoms with E-state index in [0.29, 0.717) is 43.7 Å². The molecular weight excluding hydrogens is 452 g/mol. The number of benzene rings is 1. The molecule has 10 heteroatoms. The number of amides is 3. The fourth-order valence-electron chi connectivity index (χ4n) is 4.60. The first kappa shape index (κ1) is 26.5. The van der Waals surface area contributed by atoms with Gasteiger partial charge in [0.05, 0.1) is 19.4 Å². The van der Waals surface area contributed by atoms with E-state index in [1.807, 2.05) is 0 Å². The zero-order chi connectivity index (χ0) is 25.2. The molecule has 0 aromatic heterocycles. The highest BCUT2D eigenvalue weighted by Crippen LogP contribution is 2.19. The van der Waals surface area contributed by atoms with Crippen molar-refractivity contribution in [2.75, 3.05) is 39.8 Å². The Morgan fingerprint density at radius 3 is 2.40 bits per heavy atom. The molecule has 3 N–H and O–H groups in total. The molecule has 2 atom stereocenters. The van der Waals surface area contributed by atoms with Crippen LogP contribution in [0.3, 0.4) is 0 Å². The zero-order valence-corrected chi connectivity index (χ0v) is 20.3. The molecule has 2 saturated heterocycles. The number of nitrogens with one attached hydrogen (secondary N) is 2. The lowest BCUT2D eigenvalue weighted by molar-refractivity contribution is -0.138. The molecule has 3 rings (SSSR count). The summed E-state index contributed by atoms with van der Waals surface area (Å²) in [7, 11) is 1.52. The molecular formula is C25H36N4O6. The molecule has 0 saturated carbocycles. The molecule has 3 amide bonds. The van der Waals surface area contributed by atoms with Crippen molar-refractivity contribution in [3.8, 4) is 5.75 Å². The second-order valence-electron chi connectivity index (χ2n) is 9.19. The van der Waals surface area contributed by atoms with Crippen LogP contribution in [0.2, 0.25) is 0 Å². The van der Waals surface area contributed by atoms with Gasteiger partial charge in [-0.3, -0.25) is 19.2 Å². The molecule has 0 unspecified atom stereocenters. The molecule has 2 heterocycles. The lowest BCUT2D eigenvalue weighted by Crippen LogP contribution is -2.53. The Kier molecular flexibility index (Phi) is 9.89. The van der Waals surface area contributed by atoms with Crippen LogP contribution < -0.4 is 15.4 Å². The summed E-state index contributed by atoms with van der Waals surface area (Å²) >= 11 is 0. The largest absolute Gasteiger partial charge is 0.497 e. The van der Waals surface area contributed by atoms with Gasteiger partial charge in [-0.25, -0.2) is 0 Å². The van der Waals surface area contributed by atoms with E-state index in [-0.39, 0.29) is 11.8 Å².